The Kier molecular flexibility index (Phi) is 3.40. The SMILES string of the molecule is Cc1cnn(C)c1-c1cc(N2CCNCC2)ncc1F. The standard InChI is InChI=1S/C14H18FN5/c1-10-8-18-19(2)14(10)11-7-13(17-9-12(11)15)20-5-3-16-4-6-20/h7-9,16H,3-6H2,1-2H3. The second-order valence-corrected chi connectivity index (χ2v) is 5.06. The number of pyridine rings is 1. The van der Waals surface area contributed by atoms with E-state index in [9.17, 15) is 4.39 Å². The van der Waals surface area contributed by atoms with Gasteiger partial charge in [0.05, 0.1) is 18.1 Å². The van der Waals surface area contributed by atoms with Crippen LogP contribution >= 0.6 is 0 Å². The summed E-state index contributed by atoms with van der Waals surface area (Å²) in [6.07, 6.45) is 3.05. The minimum Gasteiger partial charge on any atom is -0.354 e. The number of hydrogen-bond acceptors (Lipinski definition) is 4. The first-order valence-electron chi connectivity index (χ1n) is 6.77. The van der Waals surface area contributed by atoms with Crippen LogP contribution in [0.15, 0.2) is 18.5 Å². The molecule has 0 bridgehead atoms. The third kappa shape index (κ3) is 2.27. The zero-order valence-electron chi connectivity index (χ0n) is 11.7. The van der Waals surface area contributed by atoms with E-state index >= 15 is 0 Å². The molecule has 1 N–H and O–H groups in total. The van der Waals surface area contributed by atoms with E-state index in [-0.39, 0.29) is 5.82 Å². The summed E-state index contributed by atoms with van der Waals surface area (Å²) in [6.45, 7) is 5.58. The first kappa shape index (κ1) is 13.1. The normalized spacial score (nSPS) is 15.7. The quantitative estimate of drug-likeness (QED) is 0.898. The number of nitrogens with one attached hydrogen (secondary N) is 1. The van der Waals surface area contributed by atoms with E-state index in [4.69, 9.17) is 0 Å². The number of piperazine rings is 1. The minimum absolute atomic E-state index is 0.310. The van der Waals surface area contributed by atoms with Gasteiger partial charge in [0, 0.05) is 38.8 Å². The Bertz CT molecular complexity index is 597. The van der Waals surface area contributed by atoms with Gasteiger partial charge in [0.25, 0.3) is 0 Å². The lowest BCUT2D eigenvalue weighted by Gasteiger charge is -2.28. The minimum atomic E-state index is -0.310. The molecule has 0 aliphatic carbocycles. The Labute approximate surface area is 117 Å². The molecule has 1 fully saturated rings. The van der Waals surface area contributed by atoms with Gasteiger partial charge in [-0.1, -0.05) is 0 Å². The maximum atomic E-state index is 14.1. The molecule has 3 rings (SSSR count). The van der Waals surface area contributed by atoms with Gasteiger partial charge in [0.15, 0.2) is 5.82 Å². The fourth-order valence-electron chi connectivity index (χ4n) is 2.61. The van der Waals surface area contributed by atoms with Crippen molar-refractivity contribution in [1.82, 2.24) is 20.1 Å². The molecular formula is C14H18FN5. The first-order valence-corrected chi connectivity index (χ1v) is 6.77. The number of aromatic nitrogens is 3. The number of halogens is 1. The third-order valence-corrected chi connectivity index (χ3v) is 3.66. The number of rotatable bonds is 2. The van der Waals surface area contributed by atoms with Crippen molar-refractivity contribution < 1.29 is 4.39 Å². The molecule has 0 unspecified atom stereocenters. The van der Waals surface area contributed by atoms with Gasteiger partial charge in [-0.2, -0.15) is 5.10 Å². The average Bonchev–Trinajstić information content (AvgIpc) is 2.80. The summed E-state index contributed by atoms with van der Waals surface area (Å²) in [5, 5.41) is 7.48. The van der Waals surface area contributed by atoms with Crippen LogP contribution in [0.3, 0.4) is 0 Å². The molecular weight excluding hydrogens is 257 g/mol. The van der Waals surface area contributed by atoms with E-state index < -0.39 is 0 Å². The average molecular weight is 275 g/mol. The maximum absolute atomic E-state index is 14.1. The van der Waals surface area contributed by atoms with E-state index in [1.54, 1.807) is 10.9 Å². The van der Waals surface area contributed by atoms with Crippen molar-refractivity contribution in [3.63, 3.8) is 0 Å². The number of nitrogens with zero attached hydrogens (tertiary/aromatic N) is 4. The number of aryl methyl sites for hydroxylation is 2. The Hall–Kier alpha value is -1.95. The molecule has 0 atom stereocenters. The Morgan fingerprint density at radius 1 is 1.25 bits per heavy atom. The summed E-state index contributed by atoms with van der Waals surface area (Å²) < 4.78 is 15.8. The Morgan fingerprint density at radius 3 is 2.65 bits per heavy atom. The third-order valence-electron chi connectivity index (χ3n) is 3.66. The zero-order valence-corrected chi connectivity index (χ0v) is 11.7. The molecule has 2 aromatic heterocycles. The first-order chi connectivity index (χ1) is 9.66. The van der Waals surface area contributed by atoms with Crippen molar-refractivity contribution in [2.24, 2.45) is 7.05 Å². The van der Waals surface area contributed by atoms with Gasteiger partial charge in [0.1, 0.15) is 5.82 Å². The number of hydrogen-bond donors (Lipinski definition) is 1. The van der Waals surface area contributed by atoms with Crippen LogP contribution in [0.1, 0.15) is 5.56 Å². The highest BCUT2D eigenvalue weighted by molar-refractivity contribution is 5.67. The van der Waals surface area contributed by atoms with Gasteiger partial charge in [-0.05, 0) is 18.6 Å². The predicted molar refractivity (Wildman–Crippen MR) is 76.2 cm³/mol. The van der Waals surface area contributed by atoms with Gasteiger partial charge in [-0.15, -0.1) is 0 Å². The van der Waals surface area contributed by atoms with Crippen LogP contribution in [0, 0.1) is 12.7 Å². The molecule has 3 heterocycles. The summed E-state index contributed by atoms with van der Waals surface area (Å²) in [5.74, 6) is 0.513. The van der Waals surface area contributed by atoms with E-state index in [1.165, 1.54) is 6.20 Å². The molecule has 106 valence electrons. The molecule has 20 heavy (non-hydrogen) atoms. The molecule has 0 radical (unpaired) electrons. The summed E-state index contributed by atoms with van der Waals surface area (Å²) in [7, 11) is 1.83. The van der Waals surface area contributed by atoms with Gasteiger partial charge in [0.2, 0.25) is 0 Å². The van der Waals surface area contributed by atoms with Gasteiger partial charge < -0.3 is 10.2 Å². The van der Waals surface area contributed by atoms with E-state index in [2.05, 4.69) is 20.3 Å². The van der Waals surface area contributed by atoms with Crippen molar-refractivity contribution in [2.45, 2.75) is 6.92 Å². The molecule has 1 aliphatic rings. The molecule has 2 aromatic rings. The summed E-state index contributed by atoms with van der Waals surface area (Å²) in [4.78, 5) is 6.40. The summed E-state index contributed by atoms with van der Waals surface area (Å²) in [5.41, 5.74) is 2.33. The van der Waals surface area contributed by atoms with Gasteiger partial charge in [-0.3, -0.25) is 4.68 Å². The molecule has 0 amide bonds. The molecule has 6 heteroatoms. The van der Waals surface area contributed by atoms with Crippen LogP contribution in [-0.2, 0) is 7.05 Å². The van der Waals surface area contributed by atoms with Crippen molar-refractivity contribution in [2.75, 3.05) is 31.1 Å². The van der Waals surface area contributed by atoms with Crippen LogP contribution in [0.5, 0.6) is 0 Å². The Morgan fingerprint density at radius 2 is 2.00 bits per heavy atom. The van der Waals surface area contributed by atoms with Crippen molar-refractivity contribution in [1.29, 1.82) is 0 Å². The van der Waals surface area contributed by atoms with Crippen molar-refractivity contribution >= 4 is 5.82 Å². The fraction of sp³-hybridized carbons (Fsp3) is 0.429. The van der Waals surface area contributed by atoms with Crippen LogP contribution in [0.25, 0.3) is 11.3 Å². The topological polar surface area (TPSA) is 46.0 Å². The highest BCUT2D eigenvalue weighted by atomic mass is 19.1. The Balaban J connectivity index is 2.03. The number of anilines is 1. The summed E-state index contributed by atoms with van der Waals surface area (Å²) >= 11 is 0. The van der Waals surface area contributed by atoms with Crippen molar-refractivity contribution in [3.8, 4) is 11.3 Å². The molecule has 1 saturated heterocycles. The highest BCUT2D eigenvalue weighted by Crippen LogP contribution is 2.28. The second kappa shape index (κ2) is 5.20. The van der Waals surface area contributed by atoms with E-state index in [1.807, 2.05) is 20.0 Å². The molecule has 0 spiro atoms. The van der Waals surface area contributed by atoms with Crippen LogP contribution in [0.4, 0.5) is 10.2 Å². The van der Waals surface area contributed by atoms with Crippen LogP contribution in [0.2, 0.25) is 0 Å². The lowest BCUT2D eigenvalue weighted by Crippen LogP contribution is -2.43. The smallest absolute Gasteiger partial charge is 0.151 e. The van der Waals surface area contributed by atoms with Gasteiger partial charge >= 0.3 is 0 Å². The maximum Gasteiger partial charge on any atom is 0.151 e. The lowest BCUT2D eigenvalue weighted by molar-refractivity contribution is 0.581. The van der Waals surface area contributed by atoms with Crippen molar-refractivity contribution in [3.05, 3.63) is 29.8 Å². The van der Waals surface area contributed by atoms with Gasteiger partial charge in [-0.25, -0.2) is 9.37 Å². The monoisotopic (exact) mass is 275 g/mol. The second-order valence-electron chi connectivity index (χ2n) is 5.06. The molecule has 1 aliphatic heterocycles. The lowest BCUT2D eigenvalue weighted by atomic mass is 10.1. The molecule has 0 aromatic carbocycles. The highest BCUT2D eigenvalue weighted by Gasteiger charge is 2.17. The van der Waals surface area contributed by atoms with Crippen LogP contribution in [-0.4, -0.2) is 40.9 Å². The predicted octanol–water partition coefficient (Wildman–Crippen LogP) is 1.34. The largest absolute Gasteiger partial charge is 0.354 e. The molecule has 0 saturated carbocycles. The van der Waals surface area contributed by atoms with E-state index in [0.717, 1.165) is 43.3 Å². The fourth-order valence-corrected chi connectivity index (χ4v) is 2.61. The van der Waals surface area contributed by atoms with E-state index in [0.29, 0.717) is 5.56 Å². The summed E-state index contributed by atoms with van der Waals surface area (Å²) in [6, 6.07) is 1.82. The van der Waals surface area contributed by atoms with Crippen LogP contribution < -0.4 is 10.2 Å². The zero-order chi connectivity index (χ0) is 14.1. The molecule has 5 nitrogen and oxygen atoms in total.